The van der Waals surface area contributed by atoms with E-state index in [1.54, 1.807) is 24.3 Å². The zero-order valence-corrected chi connectivity index (χ0v) is 28.0. The van der Waals surface area contributed by atoms with Gasteiger partial charge in [-0.3, -0.25) is 0 Å². The fourth-order valence-electron chi connectivity index (χ4n) is 6.52. The second kappa shape index (κ2) is 11.6. The Hall–Kier alpha value is -4.19. The highest BCUT2D eigenvalue weighted by Crippen LogP contribution is 2.42. The molecule has 45 heavy (non-hydrogen) atoms. The number of halogens is 1. The molecule has 1 aliphatic rings. The molecular formula is C40H34BrNO2S. The van der Waals surface area contributed by atoms with Gasteiger partial charge in [-0.1, -0.05) is 82.5 Å². The van der Waals surface area contributed by atoms with Crippen LogP contribution in [0.5, 0.6) is 0 Å². The second-order valence-electron chi connectivity index (χ2n) is 11.9. The summed E-state index contributed by atoms with van der Waals surface area (Å²) in [5.41, 5.74) is 7.25. The fraction of sp³-hybridized carbons (Fsp3) is 0.150. The minimum Gasteiger partial charge on any atom is -0.314 e. The SMILES string of the molecule is CCc1cc2c3ccccc3c(S(=O)(=O)c3ccc(Br)cc3)cc2c2cc(N(C3=CC=C(C)CC3)c3ccc(C)cc3)ccc12. The van der Waals surface area contributed by atoms with E-state index >= 15 is 0 Å². The summed E-state index contributed by atoms with van der Waals surface area (Å²) in [7, 11) is -3.80. The molecule has 0 radical (unpaired) electrons. The first-order valence-corrected chi connectivity index (χ1v) is 17.7. The van der Waals surface area contributed by atoms with Gasteiger partial charge in [-0.15, -0.1) is 0 Å². The van der Waals surface area contributed by atoms with Crippen LogP contribution in [-0.2, 0) is 16.3 Å². The molecular weight excluding hydrogens is 638 g/mol. The van der Waals surface area contributed by atoms with Crippen molar-refractivity contribution in [2.24, 2.45) is 0 Å². The maximum Gasteiger partial charge on any atom is 0.207 e. The third kappa shape index (κ3) is 5.28. The van der Waals surface area contributed by atoms with Crippen molar-refractivity contribution in [2.45, 2.75) is 49.8 Å². The predicted octanol–water partition coefficient (Wildman–Crippen LogP) is 11.4. The smallest absolute Gasteiger partial charge is 0.207 e. The van der Waals surface area contributed by atoms with E-state index in [1.807, 2.05) is 30.3 Å². The van der Waals surface area contributed by atoms with Crippen LogP contribution in [0, 0.1) is 6.92 Å². The lowest BCUT2D eigenvalue weighted by molar-refractivity contribution is 0.597. The lowest BCUT2D eigenvalue weighted by Crippen LogP contribution is -2.17. The Balaban J connectivity index is 1.54. The number of allylic oxidation sites excluding steroid dienone is 4. The number of hydrogen-bond acceptors (Lipinski definition) is 3. The van der Waals surface area contributed by atoms with Crippen molar-refractivity contribution in [3.8, 4) is 0 Å². The first kappa shape index (κ1) is 29.5. The summed E-state index contributed by atoms with van der Waals surface area (Å²) in [6, 6.07) is 34.3. The van der Waals surface area contributed by atoms with Gasteiger partial charge in [-0.25, -0.2) is 8.42 Å². The van der Waals surface area contributed by atoms with Gasteiger partial charge in [0.05, 0.1) is 9.79 Å². The number of anilines is 2. The summed E-state index contributed by atoms with van der Waals surface area (Å²) in [6.45, 7) is 6.48. The van der Waals surface area contributed by atoms with E-state index in [0.29, 0.717) is 4.90 Å². The highest BCUT2D eigenvalue weighted by Gasteiger charge is 2.24. The molecule has 0 N–H and O–H groups in total. The second-order valence-corrected chi connectivity index (χ2v) is 14.8. The third-order valence-electron chi connectivity index (χ3n) is 8.97. The van der Waals surface area contributed by atoms with Crippen LogP contribution < -0.4 is 4.90 Å². The Kier molecular flexibility index (Phi) is 7.63. The van der Waals surface area contributed by atoms with Crippen molar-refractivity contribution < 1.29 is 8.42 Å². The van der Waals surface area contributed by atoms with E-state index in [1.165, 1.54) is 22.4 Å². The van der Waals surface area contributed by atoms with Crippen molar-refractivity contribution >= 4 is 69.5 Å². The quantitative estimate of drug-likeness (QED) is 0.165. The van der Waals surface area contributed by atoms with Gasteiger partial charge in [0.2, 0.25) is 9.84 Å². The maximum absolute atomic E-state index is 14.2. The zero-order chi connectivity index (χ0) is 31.3. The summed E-state index contributed by atoms with van der Waals surface area (Å²) in [5.74, 6) is 0. The molecule has 1 aliphatic carbocycles. The first-order valence-electron chi connectivity index (χ1n) is 15.4. The van der Waals surface area contributed by atoms with Crippen LogP contribution in [0.1, 0.15) is 37.8 Å². The molecule has 7 rings (SSSR count). The molecule has 5 heteroatoms. The molecule has 0 amide bonds. The van der Waals surface area contributed by atoms with Crippen molar-refractivity contribution in [3.05, 3.63) is 142 Å². The molecule has 6 aromatic rings. The molecule has 0 spiro atoms. The van der Waals surface area contributed by atoms with Crippen molar-refractivity contribution in [1.82, 2.24) is 0 Å². The highest BCUT2D eigenvalue weighted by molar-refractivity contribution is 9.10. The minimum absolute atomic E-state index is 0.281. The van der Waals surface area contributed by atoms with Crippen LogP contribution in [-0.4, -0.2) is 8.42 Å². The number of nitrogens with zero attached hydrogens (tertiary/aromatic N) is 1. The van der Waals surface area contributed by atoms with E-state index in [2.05, 4.69) is 102 Å². The molecule has 0 saturated heterocycles. The lowest BCUT2D eigenvalue weighted by atomic mass is 9.92. The topological polar surface area (TPSA) is 37.4 Å². The number of fused-ring (bicyclic) bond motifs is 5. The van der Waals surface area contributed by atoms with E-state index in [4.69, 9.17) is 0 Å². The van der Waals surface area contributed by atoms with Gasteiger partial charge < -0.3 is 4.90 Å². The molecule has 0 atom stereocenters. The van der Waals surface area contributed by atoms with Crippen molar-refractivity contribution in [2.75, 3.05) is 4.90 Å². The van der Waals surface area contributed by atoms with Crippen LogP contribution in [0.4, 0.5) is 11.4 Å². The Morgan fingerprint density at radius 1 is 0.667 bits per heavy atom. The van der Waals surface area contributed by atoms with E-state index in [0.717, 1.165) is 67.4 Å². The molecule has 3 nitrogen and oxygen atoms in total. The standard InChI is InChI=1S/C40H34BrNO2S/c1-4-28-23-37-35-7-5-6-8-36(35)40(45(43,44)33-20-13-29(41)14-21-33)25-39(37)38-24-32(19-22-34(28)38)42(30-15-9-26(2)10-16-30)31-17-11-27(3)12-18-31/h5-11,13-17,19-25H,4,12,18H2,1-3H3. The predicted molar refractivity (Wildman–Crippen MR) is 192 cm³/mol. The van der Waals surface area contributed by atoms with E-state index in [9.17, 15) is 8.42 Å². The molecule has 6 aromatic carbocycles. The van der Waals surface area contributed by atoms with E-state index in [-0.39, 0.29) is 4.90 Å². The summed E-state index contributed by atoms with van der Waals surface area (Å²) in [4.78, 5) is 2.96. The lowest BCUT2D eigenvalue weighted by Gasteiger charge is -2.30. The summed E-state index contributed by atoms with van der Waals surface area (Å²) >= 11 is 3.45. The van der Waals surface area contributed by atoms with Gasteiger partial charge >= 0.3 is 0 Å². The van der Waals surface area contributed by atoms with Gasteiger partial charge in [0.15, 0.2) is 0 Å². The Labute approximate surface area is 273 Å². The molecule has 0 heterocycles. The maximum atomic E-state index is 14.2. The fourth-order valence-corrected chi connectivity index (χ4v) is 8.27. The largest absolute Gasteiger partial charge is 0.314 e. The average molecular weight is 673 g/mol. The van der Waals surface area contributed by atoms with Gasteiger partial charge in [0, 0.05) is 26.9 Å². The number of rotatable bonds is 6. The molecule has 0 unspecified atom stereocenters. The monoisotopic (exact) mass is 671 g/mol. The van der Waals surface area contributed by atoms with Gasteiger partial charge in [-0.05, 0) is 132 Å². The van der Waals surface area contributed by atoms with Crippen LogP contribution in [0.2, 0.25) is 0 Å². The molecule has 0 aromatic heterocycles. The Bertz CT molecular complexity index is 2280. The number of hydrogen-bond donors (Lipinski definition) is 0. The third-order valence-corrected chi connectivity index (χ3v) is 11.3. The van der Waals surface area contributed by atoms with Crippen LogP contribution in [0.3, 0.4) is 0 Å². The number of benzene rings is 6. The molecule has 224 valence electrons. The van der Waals surface area contributed by atoms with Crippen LogP contribution in [0.25, 0.3) is 32.3 Å². The number of aryl methyl sites for hydroxylation is 2. The normalized spacial score (nSPS) is 13.7. The van der Waals surface area contributed by atoms with Gasteiger partial charge in [-0.2, -0.15) is 0 Å². The van der Waals surface area contributed by atoms with Gasteiger partial charge in [0.25, 0.3) is 0 Å². The molecule has 0 aliphatic heterocycles. The van der Waals surface area contributed by atoms with Crippen LogP contribution in [0.15, 0.2) is 141 Å². The van der Waals surface area contributed by atoms with Gasteiger partial charge in [0.1, 0.15) is 0 Å². The van der Waals surface area contributed by atoms with Crippen molar-refractivity contribution in [1.29, 1.82) is 0 Å². The summed E-state index contributed by atoms with van der Waals surface area (Å²) in [5, 5.41) is 5.89. The summed E-state index contributed by atoms with van der Waals surface area (Å²) < 4.78 is 29.3. The average Bonchev–Trinajstić information content (AvgIpc) is 3.06. The highest BCUT2D eigenvalue weighted by atomic mass is 79.9. The Morgan fingerprint density at radius 3 is 2.02 bits per heavy atom. The van der Waals surface area contributed by atoms with Crippen LogP contribution >= 0.6 is 15.9 Å². The number of sulfone groups is 1. The first-order chi connectivity index (χ1) is 21.7. The van der Waals surface area contributed by atoms with Crippen molar-refractivity contribution in [3.63, 3.8) is 0 Å². The van der Waals surface area contributed by atoms with E-state index < -0.39 is 9.84 Å². The molecule has 0 saturated carbocycles. The molecule has 0 fully saturated rings. The Morgan fingerprint density at radius 2 is 1.33 bits per heavy atom. The minimum atomic E-state index is -3.80. The summed E-state index contributed by atoms with van der Waals surface area (Å²) in [6.07, 6.45) is 7.30. The zero-order valence-electron chi connectivity index (χ0n) is 25.6. The molecule has 0 bridgehead atoms.